The molecule has 1 amide bonds. The topological polar surface area (TPSA) is 43.7 Å². The minimum absolute atomic E-state index is 0.0992. The first kappa shape index (κ1) is 25.3. The smallest absolute Gasteiger partial charge is 0.223 e. The first-order valence-corrected chi connectivity index (χ1v) is 12.3. The molecule has 36 heavy (non-hydrogen) atoms. The Bertz CT molecular complexity index is 1300. The summed E-state index contributed by atoms with van der Waals surface area (Å²) in [6.07, 6.45) is 2.45. The number of carbonyl (C=O) groups is 1. The summed E-state index contributed by atoms with van der Waals surface area (Å²) >= 11 is 0. The van der Waals surface area contributed by atoms with E-state index in [1.807, 2.05) is 49.1 Å². The van der Waals surface area contributed by atoms with Gasteiger partial charge in [0.2, 0.25) is 5.91 Å². The van der Waals surface area contributed by atoms with Crippen LogP contribution in [0.15, 0.2) is 72.9 Å². The molecule has 0 spiro atoms. The van der Waals surface area contributed by atoms with Crippen LogP contribution >= 0.6 is 0 Å². The van der Waals surface area contributed by atoms with E-state index in [9.17, 15) is 9.18 Å². The first-order chi connectivity index (χ1) is 17.5. The monoisotopic (exact) mass is 488 g/mol. The molecule has 1 aromatic heterocycles. The van der Waals surface area contributed by atoms with Gasteiger partial charge in [0, 0.05) is 55.1 Å². The number of benzene rings is 3. The van der Waals surface area contributed by atoms with Crippen LogP contribution in [0.5, 0.6) is 11.5 Å². The molecule has 5 nitrogen and oxygen atoms in total. The van der Waals surface area contributed by atoms with Gasteiger partial charge in [0.1, 0.15) is 17.3 Å². The van der Waals surface area contributed by atoms with Crippen LogP contribution in [-0.2, 0) is 11.3 Å². The summed E-state index contributed by atoms with van der Waals surface area (Å²) in [6.45, 7) is 5.92. The van der Waals surface area contributed by atoms with Crippen molar-refractivity contribution in [3.63, 3.8) is 0 Å². The molecule has 0 saturated carbocycles. The Labute approximate surface area is 212 Å². The highest BCUT2D eigenvalue weighted by Crippen LogP contribution is 2.38. The van der Waals surface area contributed by atoms with Crippen molar-refractivity contribution >= 4 is 16.8 Å². The van der Waals surface area contributed by atoms with Crippen LogP contribution in [0.4, 0.5) is 4.39 Å². The summed E-state index contributed by atoms with van der Waals surface area (Å²) in [6, 6.07) is 20.6. The van der Waals surface area contributed by atoms with Crippen molar-refractivity contribution in [1.82, 2.24) is 9.47 Å². The lowest BCUT2D eigenvalue weighted by atomic mass is 9.87. The Balaban J connectivity index is 1.85. The lowest BCUT2D eigenvalue weighted by Gasteiger charge is -2.24. The SMILES string of the molecule is CCN(CC)C(=O)CC(c1cc(OC)cc(OC)c1)c1cn(Cc2ccc(F)cc2)c2ccccc12. The maximum Gasteiger partial charge on any atom is 0.223 e. The van der Waals surface area contributed by atoms with Gasteiger partial charge in [-0.05, 0) is 60.9 Å². The van der Waals surface area contributed by atoms with E-state index in [2.05, 4.69) is 22.9 Å². The number of rotatable bonds is 10. The molecule has 188 valence electrons. The highest BCUT2D eigenvalue weighted by molar-refractivity contribution is 5.87. The van der Waals surface area contributed by atoms with Gasteiger partial charge in [-0.2, -0.15) is 0 Å². The van der Waals surface area contributed by atoms with Crippen molar-refractivity contribution < 1.29 is 18.7 Å². The Morgan fingerprint density at radius 2 is 1.58 bits per heavy atom. The molecule has 0 N–H and O–H groups in total. The van der Waals surface area contributed by atoms with Gasteiger partial charge in [-0.1, -0.05) is 30.3 Å². The zero-order chi connectivity index (χ0) is 25.7. The number of ether oxygens (including phenoxy) is 2. The van der Waals surface area contributed by atoms with Crippen LogP contribution in [0.2, 0.25) is 0 Å². The third kappa shape index (κ3) is 5.38. The second kappa shape index (κ2) is 11.3. The van der Waals surface area contributed by atoms with E-state index in [4.69, 9.17) is 9.47 Å². The zero-order valence-electron chi connectivity index (χ0n) is 21.3. The molecule has 0 aliphatic rings. The third-order valence-electron chi connectivity index (χ3n) is 6.73. The predicted molar refractivity (Wildman–Crippen MR) is 141 cm³/mol. The Morgan fingerprint density at radius 3 is 2.19 bits per heavy atom. The Kier molecular flexibility index (Phi) is 7.93. The number of fused-ring (bicyclic) bond motifs is 1. The molecule has 3 aromatic carbocycles. The summed E-state index contributed by atoms with van der Waals surface area (Å²) in [4.78, 5) is 15.2. The summed E-state index contributed by atoms with van der Waals surface area (Å²) < 4.78 is 26.7. The van der Waals surface area contributed by atoms with Gasteiger partial charge in [0.05, 0.1) is 14.2 Å². The lowest BCUT2D eigenvalue weighted by molar-refractivity contribution is -0.131. The maximum absolute atomic E-state index is 13.5. The lowest BCUT2D eigenvalue weighted by Crippen LogP contribution is -2.31. The van der Waals surface area contributed by atoms with E-state index in [-0.39, 0.29) is 17.6 Å². The standard InChI is InChI=1S/C30H33FN2O3/c1-5-32(6-2)30(34)18-27(22-15-24(35-3)17-25(16-22)36-4)28-20-33(29-10-8-7-9-26(28)29)19-21-11-13-23(31)14-12-21/h7-17,20,27H,5-6,18-19H2,1-4H3. The van der Waals surface area contributed by atoms with Gasteiger partial charge in [-0.25, -0.2) is 4.39 Å². The van der Waals surface area contributed by atoms with E-state index >= 15 is 0 Å². The van der Waals surface area contributed by atoms with Crippen LogP contribution in [0, 0.1) is 5.82 Å². The fourth-order valence-electron chi connectivity index (χ4n) is 4.79. The molecule has 4 aromatic rings. The summed E-state index contributed by atoms with van der Waals surface area (Å²) in [7, 11) is 3.26. The molecule has 1 unspecified atom stereocenters. The second-order valence-corrected chi connectivity index (χ2v) is 8.82. The highest BCUT2D eigenvalue weighted by atomic mass is 19.1. The molecule has 0 aliphatic heterocycles. The molecular formula is C30H33FN2O3. The predicted octanol–water partition coefficient (Wildman–Crippen LogP) is 6.24. The summed E-state index contributed by atoms with van der Waals surface area (Å²) in [5, 5.41) is 1.08. The Hall–Kier alpha value is -3.80. The van der Waals surface area contributed by atoms with Crippen LogP contribution in [-0.4, -0.2) is 42.7 Å². The van der Waals surface area contributed by atoms with Gasteiger partial charge in [0.15, 0.2) is 0 Å². The first-order valence-electron chi connectivity index (χ1n) is 12.3. The molecule has 0 radical (unpaired) electrons. The average Bonchev–Trinajstić information content (AvgIpc) is 3.26. The normalized spacial score (nSPS) is 11.9. The van der Waals surface area contributed by atoms with E-state index in [1.165, 1.54) is 12.1 Å². The van der Waals surface area contributed by atoms with E-state index in [0.29, 0.717) is 37.6 Å². The van der Waals surface area contributed by atoms with Crippen LogP contribution in [0.1, 0.15) is 42.9 Å². The molecule has 1 heterocycles. The van der Waals surface area contributed by atoms with E-state index in [1.54, 1.807) is 26.4 Å². The van der Waals surface area contributed by atoms with Crippen molar-refractivity contribution in [2.45, 2.75) is 32.7 Å². The number of carbonyl (C=O) groups excluding carboxylic acids is 1. The second-order valence-electron chi connectivity index (χ2n) is 8.82. The van der Waals surface area contributed by atoms with Crippen molar-refractivity contribution in [2.75, 3.05) is 27.3 Å². The number of amides is 1. The number of methoxy groups -OCH3 is 2. The van der Waals surface area contributed by atoms with Crippen LogP contribution in [0.25, 0.3) is 10.9 Å². The van der Waals surface area contributed by atoms with E-state index < -0.39 is 0 Å². The molecule has 4 rings (SSSR count). The highest BCUT2D eigenvalue weighted by Gasteiger charge is 2.25. The van der Waals surface area contributed by atoms with Crippen molar-refractivity contribution in [1.29, 1.82) is 0 Å². The van der Waals surface area contributed by atoms with E-state index in [0.717, 1.165) is 27.6 Å². The van der Waals surface area contributed by atoms with Crippen molar-refractivity contribution in [2.24, 2.45) is 0 Å². The maximum atomic E-state index is 13.5. The number of hydrogen-bond acceptors (Lipinski definition) is 3. The number of halogens is 1. The van der Waals surface area contributed by atoms with Crippen LogP contribution < -0.4 is 9.47 Å². The zero-order valence-corrected chi connectivity index (χ0v) is 21.3. The minimum atomic E-state index is -0.251. The Morgan fingerprint density at radius 1 is 0.944 bits per heavy atom. The number of para-hydroxylation sites is 1. The van der Waals surface area contributed by atoms with Gasteiger partial charge >= 0.3 is 0 Å². The molecule has 6 heteroatoms. The molecule has 0 fully saturated rings. The number of nitrogens with zero attached hydrogens (tertiary/aromatic N) is 2. The molecule has 1 atom stereocenters. The molecule has 0 aliphatic carbocycles. The summed E-state index contributed by atoms with van der Waals surface area (Å²) in [5.74, 6) is 1.00. The third-order valence-corrected chi connectivity index (χ3v) is 6.73. The van der Waals surface area contributed by atoms with Crippen LogP contribution in [0.3, 0.4) is 0 Å². The molecule has 0 bridgehead atoms. The van der Waals surface area contributed by atoms with Gasteiger partial charge in [-0.3, -0.25) is 4.79 Å². The molecular weight excluding hydrogens is 455 g/mol. The van der Waals surface area contributed by atoms with Crippen molar-refractivity contribution in [3.8, 4) is 11.5 Å². The van der Waals surface area contributed by atoms with Crippen molar-refractivity contribution in [3.05, 3.63) is 95.4 Å². The van der Waals surface area contributed by atoms with Gasteiger partial charge < -0.3 is 18.9 Å². The number of aromatic nitrogens is 1. The number of hydrogen-bond donors (Lipinski definition) is 0. The average molecular weight is 489 g/mol. The molecule has 0 saturated heterocycles. The fraction of sp³-hybridized carbons (Fsp3) is 0.300. The fourth-order valence-corrected chi connectivity index (χ4v) is 4.79. The summed E-state index contributed by atoms with van der Waals surface area (Å²) in [5.41, 5.74) is 4.08. The minimum Gasteiger partial charge on any atom is -0.497 e. The largest absolute Gasteiger partial charge is 0.497 e. The van der Waals surface area contributed by atoms with Gasteiger partial charge in [-0.15, -0.1) is 0 Å². The quantitative estimate of drug-likeness (QED) is 0.266. The van der Waals surface area contributed by atoms with Gasteiger partial charge in [0.25, 0.3) is 0 Å².